The molecule has 0 bridgehead atoms. The second kappa shape index (κ2) is 8.35. The summed E-state index contributed by atoms with van der Waals surface area (Å²) in [5, 5.41) is 21.1. The Morgan fingerprint density at radius 3 is 2.21 bits per heavy atom. The molecule has 0 unspecified atom stereocenters. The summed E-state index contributed by atoms with van der Waals surface area (Å²) >= 11 is 0. The molecule has 1 heterocycles. The SMILES string of the molecule is CCCCCCC.[O-][n+]1ccc(O)c2ccccc21. The fraction of sp³-hybridized carbons (Fsp3) is 0.438. The van der Waals surface area contributed by atoms with Gasteiger partial charge < -0.3 is 10.3 Å². The number of unbranched alkanes of at least 4 members (excludes halogenated alkanes) is 4. The maximum atomic E-state index is 11.1. The summed E-state index contributed by atoms with van der Waals surface area (Å²) in [5.41, 5.74) is 0.484. The van der Waals surface area contributed by atoms with E-state index in [9.17, 15) is 10.3 Å². The first-order chi connectivity index (χ1) is 9.20. The van der Waals surface area contributed by atoms with Crippen LogP contribution in [0.5, 0.6) is 5.75 Å². The van der Waals surface area contributed by atoms with E-state index >= 15 is 0 Å². The zero-order valence-corrected chi connectivity index (χ0v) is 11.8. The number of fused-ring (bicyclic) bond motifs is 1. The van der Waals surface area contributed by atoms with Gasteiger partial charge >= 0.3 is 0 Å². The molecule has 0 atom stereocenters. The van der Waals surface area contributed by atoms with Gasteiger partial charge in [-0.2, -0.15) is 4.73 Å². The molecule has 2 aromatic rings. The van der Waals surface area contributed by atoms with E-state index in [4.69, 9.17) is 0 Å². The van der Waals surface area contributed by atoms with Crippen LogP contribution in [0, 0.1) is 5.21 Å². The highest BCUT2D eigenvalue weighted by Gasteiger charge is 2.05. The van der Waals surface area contributed by atoms with Crippen molar-refractivity contribution in [2.75, 3.05) is 0 Å². The third kappa shape index (κ3) is 4.78. The maximum Gasteiger partial charge on any atom is 0.227 e. The lowest BCUT2D eigenvalue weighted by Gasteiger charge is -2.01. The smallest absolute Gasteiger partial charge is 0.227 e. The summed E-state index contributed by atoms with van der Waals surface area (Å²) in [7, 11) is 0. The number of hydrogen-bond acceptors (Lipinski definition) is 2. The van der Waals surface area contributed by atoms with Crippen LogP contribution in [-0.4, -0.2) is 5.11 Å². The van der Waals surface area contributed by atoms with Crippen molar-refractivity contribution in [3.05, 3.63) is 41.7 Å². The highest BCUT2D eigenvalue weighted by Crippen LogP contribution is 2.19. The Morgan fingerprint density at radius 1 is 1.00 bits per heavy atom. The lowest BCUT2D eigenvalue weighted by molar-refractivity contribution is -0.577. The van der Waals surface area contributed by atoms with E-state index in [1.165, 1.54) is 44.4 Å². The van der Waals surface area contributed by atoms with Crippen LogP contribution in [0.25, 0.3) is 10.9 Å². The van der Waals surface area contributed by atoms with Crippen molar-refractivity contribution in [1.82, 2.24) is 0 Å². The highest BCUT2D eigenvalue weighted by atomic mass is 16.5. The van der Waals surface area contributed by atoms with Crippen molar-refractivity contribution in [2.24, 2.45) is 0 Å². The molecule has 0 aliphatic rings. The summed E-state index contributed by atoms with van der Waals surface area (Å²) in [6, 6.07) is 8.30. The Labute approximate surface area is 115 Å². The molecule has 19 heavy (non-hydrogen) atoms. The van der Waals surface area contributed by atoms with Crippen LogP contribution < -0.4 is 4.73 Å². The van der Waals surface area contributed by atoms with E-state index in [1.807, 2.05) is 0 Å². The predicted molar refractivity (Wildman–Crippen MR) is 79.0 cm³/mol. The second-order valence-electron chi connectivity index (χ2n) is 4.60. The molecular formula is C16H23NO2. The maximum absolute atomic E-state index is 11.1. The third-order valence-corrected chi connectivity index (χ3v) is 2.99. The lowest BCUT2D eigenvalue weighted by Crippen LogP contribution is -2.25. The van der Waals surface area contributed by atoms with Gasteiger partial charge in [-0.05, 0) is 6.07 Å². The quantitative estimate of drug-likeness (QED) is 0.510. The molecule has 0 fully saturated rings. The summed E-state index contributed by atoms with van der Waals surface area (Å²) in [4.78, 5) is 0. The van der Waals surface area contributed by atoms with Crippen LogP contribution in [0.4, 0.5) is 0 Å². The molecule has 1 aromatic carbocycles. The van der Waals surface area contributed by atoms with Crippen LogP contribution in [0.15, 0.2) is 36.5 Å². The Morgan fingerprint density at radius 2 is 1.63 bits per heavy atom. The van der Waals surface area contributed by atoms with Crippen molar-refractivity contribution < 1.29 is 9.84 Å². The van der Waals surface area contributed by atoms with Gasteiger partial charge in [0.05, 0.1) is 5.39 Å². The van der Waals surface area contributed by atoms with Gasteiger partial charge in [0.2, 0.25) is 5.52 Å². The average molecular weight is 261 g/mol. The topological polar surface area (TPSA) is 47.2 Å². The third-order valence-electron chi connectivity index (χ3n) is 2.99. The van der Waals surface area contributed by atoms with Crippen molar-refractivity contribution in [3.8, 4) is 5.75 Å². The number of aromatic nitrogens is 1. The van der Waals surface area contributed by atoms with E-state index in [2.05, 4.69) is 13.8 Å². The molecule has 0 saturated heterocycles. The van der Waals surface area contributed by atoms with Crippen LogP contribution in [0.3, 0.4) is 0 Å². The molecule has 3 heteroatoms. The van der Waals surface area contributed by atoms with E-state index in [0.717, 1.165) is 4.73 Å². The minimum atomic E-state index is 0.137. The first-order valence-corrected chi connectivity index (χ1v) is 7.00. The monoisotopic (exact) mass is 261 g/mol. The predicted octanol–water partition coefficient (Wildman–Crippen LogP) is 4.16. The standard InChI is InChI=1S/C9H7NO2.C7H16/c11-9-5-6-10(12)8-4-2-1-3-7(8)9;1-3-5-7-6-4-2/h1-6,11H;3-7H2,1-2H3. The molecule has 0 radical (unpaired) electrons. The molecule has 0 aliphatic carbocycles. The lowest BCUT2D eigenvalue weighted by atomic mass is 10.2. The minimum absolute atomic E-state index is 0.137. The first-order valence-electron chi connectivity index (χ1n) is 7.00. The molecule has 2 rings (SSSR count). The van der Waals surface area contributed by atoms with Gasteiger partial charge in [0.25, 0.3) is 0 Å². The Hall–Kier alpha value is -1.77. The summed E-state index contributed by atoms with van der Waals surface area (Å²) < 4.78 is 0.731. The summed E-state index contributed by atoms with van der Waals surface area (Å²) in [6.07, 6.45) is 8.30. The zero-order valence-electron chi connectivity index (χ0n) is 11.8. The number of hydrogen-bond donors (Lipinski definition) is 1. The number of rotatable bonds is 4. The van der Waals surface area contributed by atoms with Gasteiger partial charge in [0.1, 0.15) is 5.75 Å². The van der Waals surface area contributed by atoms with Gasteiger partial charge in [-0.25, -0.2) is 0 Å². The Balaban J connectivity index is 0.000000224. The van der Waals surface area contributed by atoms with Crippen molar-refractivity contribution in [1.29, 1.82) is 0 Å². The van der Waals surface area contributed by atoms with Crippen molar-refractivity contribution in [3.63, 3.8) is 0 Å². The number of benzene rings is 1. The van der Waals surface area contributed by atoms with Crippen LogP contribution in [0.2, 0.25) is 0 Å². The van der Waals surface area contributed by atoms with Gasteiger partial charge in [-0.3, -0.25) is 0 Å². The van der Waals surface area contributed by atoms with E-state index in [0.29, 0.717) is 10.9 Å². The molecule has 1 N–H and O–H groups in total. The van der Waals surface area contributed by atoms with Gasteiger partial charge in [-0.15, -0.1) is 0 Å². The van der Waals surface area contributed by atoms with Crippen molar-refractivity contribution in [2.45, 2.75) is 46.0 Å². The number of nitrogens with zero attached hydrogens (tertiary/aromatic N) is 1. The normalized spacial score (nSPS) is 10.0. The fourth-order valence-corrected chi connectivity index (χ4v) is 1.87. The number of aromatic hydroxyl groups is 1. The summed E-state index contributed by atoms with van der Waals surface area (Å²) in [5.74, 6) is 0.137. The molecule has 1 aromatic heterocycles. The number of para-hydroxylation sites is 1. The van der Waals surface area contributed by atoms with E-state index in [1.54, 1.807) is 24.3 Å². The van der Waals surface area contributed by atoms with Gasteiger partial charge in [0.15, 0.2) is 6.20 Å². The van der Waals surface area contributed by atoms with E-state index < -0.39 is 0 Å². The average Bonchev–Trinajstić information content (AvgIpc) is 2.45. The molecule has 0 amide bonds. The van der Waals surface area contributed by atoms with Gasteiger partial charge in [0, 0.05) is 12.1 Å². The van der Waals surface area contributed by atoms with Crippen LogP contribution >= 0.6 is 0 Å². The molecule has 0 spiro atoms. The first kappa shape index (κ1) is 15.3. The minimum Gasteiger partial charge on any atom is -0.618 e. The van der Waals surface area contributed by atoms with Crippen molar-refractivity contribution >= 4 is 10.9 Å². The summed E-state index contributed by atoms with van der Waals surface area (Å²) in [6.45, 7) is 4.49. The number of pyridine rings is 1. The fourth-order valence-electron chi connectivity index (χ4n) is 1.87. The Bertz CT molecular complexity index is 453. The van der Waals surface area contributed by atoms with Crippen LogP contribution in [-0.2, 0) is 0 Å². The molecule has 3 nitrogen and oxygen atoms in total. The van der Waals surface area contributed by atoms with Crippen LogP contribution in [0.1, 0.15) is 46.0 Å². The second-order valence-corrected chi connectivity index (χ2v) is 4.60. The largest absolute Gasteiger partial charge is 0.618 e. The Kier molecular flexibility index (Phi) is 6.72. The molecule has 104 valence electrons. The zero-order chi connectivity index (χ0) is 14.1. The van der Waals surface area contributed by atoms with Gasteiger partial charge in [-0.1, -0.05) is 58.1 Å². The molecule has 0 saturated carbocycles. The molecule has 0 aliphatic heterocycles. The molecular weight excluding hydrogens is 238 g/mol. The van der Waals surface area contributed by atoms with E-state index in [-0.39, 0.29) is 5.75 Å². The highest BCUT2D eigenvalue weighted by molar-refractivity contribution is 5.81.